The van der Waals surface area contributed by atoms with Crippen molar-refractivity contribution in [2.24, 2.45) is 5.92 Å². The smallest absolute Gasteiger partial charge is 0.139 e. The lowest BCUT2D eigenvalue weighted by molar-refractivity contribution is 0.615. The topological polar surface area (TPSA) is 38.1 Å². The third-order valence-electron chi connectivity index (χ3n) is 3.07. The van der Waals surface area contributed by atoms with Gasteiger partial charge >= 0.3 is 0 Å². The number of furan rings is 1. The predicted octanol–water partition coefficient (Wildman–Crippen LogP) is 3.04. The van der Waals surface area contributed by atoms with Gasteiger partial charge < -0.3 is 9.73 Å². The van der Waals surface area contributed by atoms with Gasteiger partial charge in [0.15, 0.2) is 0 Å². The van der Waals surface area contributed by atoms with E-state index in [1.54, 1.807) is 12.5 Å². The van der Waals surface area contributed by atoms with Crippen LogP contribution >= 0.6 is 0 Å². The van der Waals surface area contributed by atoms with Gasteiger partial charge in [-0.2, -0.15) is 0 Å². The number of pyridine rings is 1. The van der Waals surface area contributed by atoms with Crippen molar-refractivity contribution in [2.45, 2.75) is 25.8 Å². The fourth-order valence-corrected chi connectivity index (χ4v) is 1.94. The quantitative estimate of drug-likeness (QED) is 0.831. The highest BCUT2D eigenvalue weighted by Gasteiger charge is 2.28. The van der Waals surface area contributed by atoms with Gasteiger partial charge in [0, 0.05) is 12.2 Å². The molecule has 1 fully saturated rings. The van der Waals surface area contributed by atoms with Crippen molar-refractivity contribution in [1.82, 2.24) is 4.98 Å². The van der Waals surface area contributed by atoms with E-state index < -0.39 is 0 Å². The Labute approximate surface area is 88.5 Å². The number of rotatable bonds is 3. The molecule has 15 heavy (non-hydrogen) atoms. The van der Waals surface area contributed by atoms with Crippen molar-refractivity contribution < 1.29 is 4.42 Å². The molecule has 0 amide bonds. The molecule has 1 N–H and O–H groups in total. The molecule has 0 saturated heterocycles. The van der Waals surface area contributed by atoms with Crippen LogP contribution < -0.4 is 5.32 Å². The minimum atomic E-state index is 0.512. The van der Waals surface area contributed by atoms with Crippen molar-refractivity contribution in [1.29, 1.82) is 0 Å². The average molecular weight is 202 g/mol. The molecule has 1 unspecified atom stereocenters. The van der Waals surface area contributed by atoms with Crippen LogP contribution in [0.3, 0.4) is 0 Å². The highest BCUT2D eigenvalue weighted by atomic mass is 16.3. The minimum Gasteiger partial charge on any atom is -0.464 e. The first kappa shape index (κ1) is 8.77. The average Bonchev–Trinajstić information content (AvgIpc) is 2.97. The lowest BCUT2D eigenvalue weighted by atomic mass is 10.2. The molecule has 3 nitrogen and oxygen atoms in total. The van der Waals surface area contributed by atoms with Crippen LogP contribution in [0.25, 0.3) is 11.0 Å². The zero-order chi connectivity index (χ0) is 10.3. The van der Waals surface area contributed by atoms with Crippen LogP contribution in [0.4, 0.5) is 5.82 Å². The van der Waals surface area contributed by atoms with E-state index in [1.165, 1.54) is 12.8 Å². The summed E-state index contributed by atoms with van der Waals surface area (Å²) in [6.07, 6.45) is 6.18. The number of fused-ring (bicyclic) bond motifs is 1. The van der Waals surface area contributed by atoms with E-state index >= 15 is 0 Å². The van der Waals surface area contributed by atoms with E-state index in [-0.39, 0.29) is 0 Å². The zero-order valence-corrected chi connectivity index (χ0v) is 8.73. The van der Waals surface area contributed by atoms with Gasteiger partial charge in [-0.1, -0.05) is 0 Å². The van der Waals surface area contributed by atoms with Crippen molar-refractivity contribution in [3.8, 4) is 0 Å². The Morgan fingerprint density at radius 3 is 3.13 bits per heavy atom. The predicted molar refractivity (Wildman–Crippen MR) is 59.8 cm³/mol. The summed E-state index contributed by atoms with van der Waals surface area (Å²) < 4.78 is 5.34. The van der Waals surface area contributed by atoms with Gasteiger partial charge in [-0.15, -0.1) is 0 Å². The lowest BCUT2D eigenvalue weighted by Crippen LogP contribution is -2.18. The summed E-state index contributed by atoms with van der Waals surface area (Å²) in [7, 11) is 0. The maximum Gasteiger partial charge on any atom is 0.139 e. The van der Waals surface area contributed by atoms with Crippen LogP contribution in [0.1, 0.15) is 19.8 Å². The molecule has 1 saturated carbocycles. The van der Waals surface area contributed by atoms with Gasteiger partial charge in [0.1, 0.15) is 11.4 Å². The second-order valence-corrected chi connectivity index (χ2v) is 4.26. The fraction of sp³-hybridized carbons (Fsp3) is 0.417. The summed E-state index contributed by atoms with van der Waals surface area (Å²) >= 11 is 0. The van der Waals surface area contributed by atoms with Crippen molar-refractivity contribution in [3.05, 3.63) is 24.6 Å². The van der Waals surface area contributed by atoms with Crippen molar-refractivity contribution >= 4 is 16.8 Å². The highest BCUT2D eigenvalue weighted by molar-refractivity contribution is 5.87. The third-order valence-corrected chi connectivity index (χ3v) is 3.07. The molecule has 3 rings (SSSR count). The largest absolute Gasteiger partial charge is 0.464 e. The lowest BCUT2D eigenvalue weighted by Gasteiger charge is -2.13. The molecule has 2 aromatic rings. The fourth-order valence-electron chi connectivity index (χ4n) is 1.94. The standard InChI is InChI=1S/C12H14N2O/c1-8(9-2-3-9)14-12-10-5-7-15-11(10)4-6-13-12/h4-9H,2-3H2,1H3,(H,13,14). The molecule has 0 aromatic carbocycles. The number of hydrogen-bond acceptors (Lipinski definition) is 3. The number of nitrogens with one attached hydrogen (secondary N) is 1. The molecule has 0 bridgehead atoms. The van der Waals surface area contributed by atoms with Crippen molar-refractivity contribution in [2.75, 3.05) is 5.32 Å². The van der Waals surface area contributed by atoms with Crippen LogP contribution in [0.5, 0.6) is 0 Å². The molecule has 0 spiro atoms. The first-order valence-corrected chi connectivity index (χ1v) is 5.43. The Morgan fingerprint density at radius 1 is 1.47 bits per heavy atom. The summed E-state index contributed by atoms with van der Waals surface area (Å²) in [5.41, 5.74) is 0.899. The van der Waals surface area contributed by atoms with E-state index in [0.717, 1.165) is 22.7 Å². The minimum absolute atomic E-state index is 0.512. The number of anilines is 1. The highest BCUT2D eigenvalue weighted by Crippen LogP contribution is 2.34. The summed E-state index contributed by atoms with van der Waals surface area (Å²) in [5, 5.41) is 4.54. The number of aromatic nitrogens is 1. The van der Waals surface area contributed by atoms with Gasteiger partial charge in [-0.25, -0.2) is 4.98 Å². The van der Waals surface area contributed by atoms with Crippen LogP contribution in [0, 0.1) is 5.92 Å². The second-order valence-electron chi connectivity index (χ2n) is 4.26. The SMILES string of the molecule is CC(Nc1nccc2occc12)C1CC1. The zero-order valence-electron chi connectivity index (χ0n) is 8.73. The van der Waals surface area contributed by atoms with Gasteiger partial charge in [-0.05, 0) is 37.8 Å². The molecule has 0 aliphatic heterocycles. The molecule has 3 heteroatoms. The first-order chi connectivity index (χ1) is 7.34. The van der Waals surface area contributed by atoms with E-state index in [1.807, 2.05) is 12.1 Å². The monoisotopic (exact) mass is 202 g/mol. The van der Waals surface area contributed by atoms with E-state index in [4.69, 9.17) is 4.42 Å². The molecular formula is C12H14N2O. The Bertz CT molecular complexity index is 473. The Morgan fingerprint density at radius 2 is 2.33 bits per heavy atom. The van der Waals surface area contributed by atoms with Crippen LogP contribution in [0.2, 0.25) is 0 Å². The third kappa shape index (κ3) is 1.58. The molecule has 0 radical (unpaired) electrons. The second kappa shape index (κ2) is 3.26. The van der Waals surface area contributed by atoms with Gasteiger partial charge in [0.05, 0.1) is 11.6 Å². The Hall–Kier alpha value is -1.51. The molecular weight excluding hydrogens is 188 g/mol. The first-order valence-electron chi connectivity index (χ1n) is 5.43. The number of hydrogen-bond donors (Lipinski definition) is 1. The van der Waals surface area contributed by atoms with Gasteiger partial charge in [-0.3, -0.25) is 0 Å². The normalized spacial score (nSPS) is 17.9. The number of nitrogens with zero attached hydrogens (tertiary/aromatic N) is 1. The van der Waals surface area contributed by atoms with Gasteiger partial charge in [0.25, 0.3) is 0 Å². The van der Waals surface area contributed by atoms with E-state index in [0.29, 0.717) is 6.04 Å². The summed E-state index contributed by atoms with van der Waals surface area (Å²) in [6, 6.07) is 4.37. The molecule has 1 atom stereocenters. The van der Waals surface area contributed by atoms with Crippen LogP contribution in [-0.2, 0) is 0 Å². The van der Waals surface area contributed by atoms with Crippen LogP contribution in [0.15, 0.2) is 29.0 Å². The molecule has 2 heterocycles. The van der Waals surface area contributed by atoms with Crippen LogP contribution in [-0.4, -0.2) is 11.0 Å². The summed E-state index contributed by atoms with van der Waals surface area (Å²) in [6.45, 7) is 2.22. The molecule has 2 aromatic heterocycles. The van der Waals surface area contributed by atoms with E-state index in [2.05, 4.69) is 17.2 Å². The maximum atomic E-state index is 5.34. The maximum absolute atomic E-state index is 5.34. The summed E-state index contributed by atoms with van der Waals surface area (Å²) in [5.74, 6) is 1.77. The van der Waals surface area contributed by atoms with Gasteiger partial charge in [0.2, 0.25) is 0 Å². The molecule has 1 aliphatic rings. The van der Waals surface area contributed by atoms with E-state index in [9.17, 15) is 0 Å². The Kier molecular flexibility index (Phi) is 1.91. The van der Waals surface area contributed by atoms with Crippen molar-refractivity contribution in [3.63, 3.8) is 0 Å². The summed E-state index contributed by atoms with van der Waals surface area (Å²) in [4.78, 5) is 4.36. The molecule has 1 aliphatic carbocycles. The Balaban J connectivity index is 1.92. The molecule has 78 valence electrons.